The Morgan fingerprint density at radius 3 is 2.26 bits per heavy atom. The van der Waals surface area contributed by atoms with Crippen LogP contribution in [-0.4, -0.2) is 36.1 Å². The normalized spacial score (nSPS) is 23.1. The molecule has 1 N–H and O–H groups in total. The van der Waals surface area contributed by atoms with Crippen LogP contribution in [0.2, 0.25) is 0 Å². The second-order valence-corrected chi connectivity index (χ2v) is 4.55. The summed E-state index contributed by atoms with van der Waals surface area (Å²) in [4.78, 5) is 46.6. The number of ketones is 3. The van der Waals surface area contributed by atoms with Crippen molar-refractivity contribution in [2.75, 3.05) is 6.61 Å². The molecule has 1 saturated carbocycles. The Kier molecular flexibility index (Phi) is 5.66. The number of hydrogen-bond acceptors (Lipinski definition) is 5. The van der Waals surface area contributed by atoms with Crippen LogP contribution in [0.4, 0.5) is 4.79 Å². The summed E-state index contributed by atoms with van der Waals surface area (Å²) >= 11 is 0. The molecule has 0 aliphatic heterocycles. The molecule has 0 unspecified atom stereocenters. The number of carbonyl (C=O) groups excluding carboxylic acids is 4. The smallest absolute Gasteiger partial charge is 0.407 e. The first kappa shape index (κ1) is 15.3. The van der Waals surface area contributed by atoms with E-state index in [1.807, 2.05) is 6.92 Å². The molecule has 1 fully saturated rings. The molecule has 0 saturated heterocycles. The zero-order chi connectivity index (χ0) is 14.4. The fourth-order valence-electron chi connectivity index (χ4n) is 2.16. The van der Waals surface area contributed by atoms with Gasteiger partial charge in [0, 0.05) is 25.3 Å². The van der Waals surface area contributed by atoms with E-state index >= 15 is 0 Å². The number of rotatable bonds is 5. The SMILES string of the molecule is CCCC(=O)C1C(=O)CC(NC(=O)OCC)CC1=O. The molecular weight excluding hydrogens is 250 g/mol. The molecule has 1 aliphatic carbocycles. The van der Waals surface area contributed by atoms with Crippen LogP contribution in [0.25, 0.3) is 0 Å². The van der Waals surface area contributed by atoms with Crippen LogP contribution in [0, 0.1) is 5.92 Å². The van der Waals surface area contributed by atoms with E-state index in [0.717, 1.165) is 0 Å². The highest BCUT2D eigenvalue weighted by atomic mass is 16.5. The third-order valence-corrected chi connectivity index (χ3v) is 2.95. The molecule has 1 amide bonds. The van der Waals surface area contributed by atoms with E-state index < -0.39 is 29.6 Å². The molecule has 0 aromatic heterocycles. The molecule has 1 aliphatic rings. The lowest BCUT2D eigenvalue weighted by Crippen LogP contribution is -2.47. The third kappa shape index (κ3) is 4.15. The first-order valence-electron chi connectivity index (χ1n) is 6.51. The Morgan fingerprint density at radius 2 is 1.79 bits per heavy atom. The van der Waals surface area contributed by atoms with Crippen molar-refractivity contribution >= 4 is 23.4 Å². The van der Waals surface area contributed by atoms with Crippen molar-refractivity contribution in [2.24, 2.45) is 5.92 Å². The van der Waals surface area contributed by atoms with Gasteiger partial charge in [-0.1, -0.05) is 6.92 Å². The van der Waals surface area contributed by atoms with Gasteiger partial charge in [-0.15, -0.1) is 0 Å². The van der Waals surface area contributed by atoms with Gasteiger partial charge >= 0.3 is 6.09 Å². The molecular formula is C13H19NO5. The van der Waals surface area contributed by atoms with E-state index in [9.17, 15) is 19.2 Å². The molecule has 19 heavy (non-hydrogen) atoms. The minimum atomic E-state index is -1.12. The zero-order valence-corrected chi connectivity index (χ0v) is 11.2. The molecule has 0 bridgehead atoms. The van der Waals surface area contributed by atoms with Gasteiger partial charge in [0.25, 0.3) is 0 Å². The van der Waals surface area contributed by atoms with Gasteiger partial charge in [0.1, 0.15) is 5.92 Å². The Morgan fingerprint density at radius 1 is 1.21 bits per heavy atom. The fraction of sp³-hybridized carbons (Fsp3) is 0.692. The van der Waals surface area contributed by atoms with Crippen molar-refractivity contribution < 1.29 is 23.9 Å². The van der Waals surface area contributed by atoms with Gasteiger partial charge < -0.3 is 10.1 Å². The highest BCUT2D eigenvalue weighted by Gasteiger charge is 2.39. The topological polar surface area (TPSA) is 89.5 Å². The molecule has 0 heterocycles. The number of carbonyl (C=O) groups is 4. The van der Waals surface area contributed by atoms with Crippen LogP contribution >= 0.6 is 0 Å². The van der Waals surface area contributed by atoms with Crippen molar-refractivity contribution in [2.45, 2.75) is 45.6 Å². The van der Waals surface area contributed by atoms with Crippen LogP contribution in [0.15, 0.2) is 0 Å². The maximum Gasteiger partial charge on any atom is 0.407 e. The quantitative estimate of drug-likeness (QED) is 0.752. The molecule has 106 valence electrons. The van der Waals surface area contributed by atoms with E-state index in [0.29, 0.717) is 6.42 Å². The summed E-state index contributed by atoms with van der Waals surface area (Å²) in [5.41, 5.74) is 0. The monoisotopic (exact) mass is 269 g/mol. The fourth-order valence-corrected chi connectivity index (χ4v) is 2.16. The molecule has 0 aromatic rings. The predicted octanol–water partition coefficient (Wildman–Crippen LogP) is 1.02. The van der Waals surface area contributed by atoms with Crippen LogP contribution in [0.3, 0.4) is 0 Å². The Balaban J connectivity index is 2.61. The number of hydrogen-bond donors (Lipinski definition) is 1. The molecule has 0 aromatic carbocycles. The molecule has 6 nitrogen and oxygen atoms in total. The van der Waals surface area contributed by atoms with Gasteiger partial charge in [0.2, 0.25) is 0 Å². The number of amides is 1. The molecule has 0 atom stereocenters. The second-order valence-electron chi connectivity index (χ2n) is 4.55. The first-order chi connectivity index (χ1) is 8.99. The number of ether oxygens (including phenoxy) is 1. The van der Waals surface area contributed by atoms with Gasteiger partial charge in [0.05, 0.1) is 6.61 Å². The van der Waals surface area contributed by atoms with Crippen molar-refractivity contribution in [3.8, 4) is 0 Å². The van der Waals surface area contributed by atoms with Gasteiger partial charge in [-0.05, 0) is 13.3 Å². The van der Waals surface area contributed by atoms with Crippen molar-refractivity contribution in [3.05, 3.63) is 0 Å². The lowest BCUT2D eigenvalue weighted by molar-refractivity contribution is -0.142. The summed E-state index contributed by atoms with van der Waals surface area (Å²) in [5.74, 6) is -2.25. The first-order valence-corrected chi connectivity index (χ1v) is 6.51. The number of Topliss-reactive ketones (excluding diaryl/α,β-unsaturated/α-hetero) is 3. The van der Waals surface area contributed by atoms with Crippen LogP contribution < -0.4 is 5.32 Å². The predicted molar refractivity (Wildman–Crippen MR) is 66.6 cm³/mol. The highest BCUT2D eigenvalue weighted by Crippen LogP contribution is 2.20. The average Bonchev–Trinajstić information content (AvgIpc) is 2.28. The van der Waals surface area contributed by atoms with E-state index in [1.165, 1.54) is 0 Å². The summed E-state index contributed by atoms with van der Waals surface area (Å²) in [7, 11) is 0. The second kappa shape index (κ2) is 7.01. The maximum absolute atomic E-state index is 11.8. The Labute approximate surface area is 111 Å². The van der Waals surface area contributed by atoms with Gasteiger partial charge in [-0.3, -0.25) is 14.4 Å². The largest absolute Gasteiger partial charge is 0.450 e. The van der Waals surface area contributed by atoms with Gasteiger partial charge in [0.15, 0.2) is 17.3 Å². The van der Waals surface area contributed by atoms with Crippen LogP contribution in [0.1, 0.15) is 39.5 Å². The third-order valence-electron chi connectivity index (χ3n) is 2.95. The number of nitrogens with one attached hydrogen (secondary N) is 1. The Bertz CT molecular complexity index is 372. The zero-order valence-electron chi connectivity index (χ0n) is 11.2. The molecule has 6 heteroatoms. The minimum Gasteiger partial charge on any atom is -0.450 e. The summed E-state index contributed by atoms with van der Waals surface area (Å²) in [6.07, 6.45) is 0.208. The van der Waals surface area contributed by atoms with Crippen LogP contribution in [0.5, 0.6) is 0 Å². The lowest BCUT2D eigenvalue weighted by atomic mass is 9.80. The summed E-state index contributed by atoms with van der Waals surface area (Å²) in [6.45, 7) is 3.70. The van der Waals surface area contributed by atoms with E-state index in [4.69, 9.17) is 0 Å². The van der Waals surface area contributed by atoms with Gasteiger partial charge in [-0.2, -0.15) is 0 Å². The van der Waals surface area contributed by atoms with E-state index in [-0.39, 0.29) is 31.7 Å². The Hall–Kier alpha value is -1.72. The lowest BCUT2D eigenvalue weighted by Gasteiger charge is -2.25. The van der Waals surface area contributed by atoms with Crippen molar-refractivity contribution in [1.82, 2.24) is 5.32 Å². The molecule has 0 spiro atoms. The molecule has 1 rings (SSSR count). The van der Waals surface area contributed by atoms with E-state index in [1.54, 1.807) is 6.92 Å². The molecule has 0 radical (unpaired) electrons. The van der Waals surface area contributed by atoms with Crippen LogP contribution in [-0.2, 0) is 19.1 Å². The van der Waals surface area contributed by atoms with Crippen molar-refractivity contribution in [3.63, 3.8) is 0 Å². The summed E-state index contributed by atoms with van der Waals surface area (Å²) < 4.78 is 4.69. The summed E-state index contributed by atoms with van der Waals surface area (Å²) in [6, 6.07) is -0.565. The van der Waals surface area contributed by atoms with Gasteiger partial charge in [-0.25, -0.2) is 4.79 Å². The number of alkyl carbamates (subject to hydrolysis) is 1. The van der Waals surface area contributed by atoms with E-state index in [2.05, 4.69) is 10.1 Å². The highest BCUT2D eigenvalue weighted by molar-refractivity contribution is 6.21. The summed E-state index contributed by atoms with van der Waals surface area (Å²) in [5, 5.41) is 2.46. The maximum atomic E-state index is 11.8. The van der Waals surface area contributed by atoms with Crippen molar-refractivity contribution in [1.29, 1.82) is 0 Å². The standard InChI is InChI=1S/C13H19NO5/c1-3-5-9(15)12-10(16)6-8(7-11(12)17)14-13(18)19-4-2/h8,12H,3-7H2,1-2H3,(H,14,18). The average molecular weight is 269 g/mol. The minimum absolute atomic E-state index is 0.00464.